The summed E-state index contributed by atoms with van der Waals surface area (Å²) in [7, 11) is 1.45. The van der Waals surface area contributed by atoms with Gasteiger partial charge in [0.25, 0.3) is 0 Å². The monoisotopic (exact) mass is 290 g/mol. The van der Waals surface area contributed by atoms with Crippen molar-refractivity contribution in [3.05, 3.63) is 28.8 Å². The summed E-state index contributed by atoms with van der Waals surface area (Å²) >= 11 is 0. The van der Waals surface area contributed by atoms with Gasteiger partial charge in [-0.05, 0) is 31.0 Å². The smallest absolute Gasteiger partial charge is 0.411 e. The lowest BCUT2D eigenvalue weighted by Gasteiger charge is -2.12. The molecule has 0 aromatic heterocycles. The van der Waals surface area contributed by atoms with Gasteiger partial charge < -0.3 is 9.47 Å². The van der Waals surface area contributed by atoms with Crippen molar-refractivity contribution in [1.29, 1.82) is 0 Å². The van der Waals surface area contributed by atoms with E-state index in [1.54, 1.807) is 13.0 Å². The molecule has 112 valence electrons. The van der Waals surface area contributed by atoms with Crippen LogP contribution < -0.4 is 4.74 Å². The second kappa shape index (κ2) is 6.74. The van der Waals surface area contributed by atoms with E-state index in [4.69, 9.17) is 4.74 Å². The fourth-order valence-electron chi connectivity index (χ4n) is 1.92. The number of ketones is 1. The number of halogens is 3. The van der Waals surface area contributed by atoms with Crippen LogP contribution in [0.2, 0.25) is 0 Å². The van der Waals surface area contributed by atoms with Crippen molar-refractivity contribution in [2.75, 3.05) is 20.3 Å². The second-order valence-corrected chi connectivity index (χ2v) is 4.50. The third kappa shape index (κ3) is 4.85. The SMILES string of the molecule is COc1cc(C)cc(C)c1C(=O)CCOCC(F)(F)F. The molecule has 0 aliphatic rings. The summed E-state index contributed by atoms with van der Waals surface area (Å²) in [6, 6.07) is 3.54. The number of aryl methyl sites for hydroxylation is 2. The van der Waals surface area contributed by atoms with Crippen LogP contribution in [0.5, 0.6) is 5.75 Å². The molecule has 0 spiro atoms. The molecule has 1 aromatic rings. The summed E-state index contributed by atoms with van der Waals surface area (Å²) in [5, 5.41) is 0. The van der Waals surface area contributed by atoms with Gasteiger partial charge in [-0.3, -0.25) is 4.79 Å². The number of methoxy groups -OCH3 is 1. The van der Waals surface area contributed by atoms with Crippen molar-refractivity contribution in [1.82, 2.24) is 0 Å². The van der Waals surface area contributed by atoms with Gasteiger partial charge in [-0.2, -0.15) is 13.2 Å². The first-order chi connectivity index (χ1) is 9.24. The zero-order chi connectivity index (χ0) is 15.3. The minimum Gasteiger partial charge on any atom is -0.496 e. The third-order valence-corrected chi connectivity index (χ3v) is 2.68. The number of alkyl halides is 3. The highest BCUT2D eigenvalue weighted by Crippen LogP contribution is 2.25. The number of carbonyl (C=O) groups is 1. The maximum absolute atomic E-state index is 12.0. The molecule has 0 atom stereocenters. The average Bonchev–Trinajstić information content (AvgIpc) is 2.32. The van der Waals surface area contributed by atoms with Gasteiger partial charge in [-0.1, -0.05) is 6.07 Å². The van der Waals surface area contributed by atoms with Gasteiger partial charge in [-0.15, -0.1) is 0 Å². The van der Waals surface area contributed by atoms with Crippen molar-refractivity contribution in [3.63, 3.8) is 0 Å². The molecule has 0 fully saturated rings. The number of hydrogen-bond donors (Lipinski definition) is 0. The molecule has 1 rings (SSSR count). The van der Waals surface area contributed by atoms with E-state index in [-0.39, 0.29) is 18.8 Å². The number of carbonyl (C=O) groups excluding carboxylic acids is 1. The van der Waals surface area contributed by atoms with Crippen LogP contribution in [0, 0.1) is 13.8 Å². The highest BCUT2D eigenvalue weighted by Gasteiger charge is 2.27. The molecule has 0 heterocycles. The average molecular weight is 290 g/mol. The molecular weight excluding hydrogens is 273 g/mol. The van der Waals surface area contributed by atoms with Crippen LogP contribution in [0.25, 0.3) is 0 Å². The third-order valence-electron chi connectivity index (χ3n) is 2.68. The summed E-state index contributed by atoms with van der Waals surface area (Å²) in [5.41, 5.74) is 2.08. The molecule has 0 radical (unpaired) electrons. The highest BCUT2D eigenvalue weighted by atomic mass is 19.4. The molecule has 6 heteroatoms. The Bertz CT molecular complexity index is 481. The Balaban J connectivity index is 2.68. The first kappa shape index (κ1) is 16.5. The topological polar surface area (TPSA) is 35.5 Å². The van der Waals surface area contributed by atoms with Gasteiger partial charge in [0, 0.05) is 6.42 Å². The molecule has 20 heavy (non-hydrogen) atoms. The predicted molar refractivity (Wildman–Crippen MR) is 68.3 cm³/mol. The Morgan fingerprint density at radius 3 is 2.45 bits per heavy atom. The molecular formula is C14H17F3O3. The summed E-state index contributed by atoms with van der Waals surface area (Å²) in [6.07, 6.45) is -4.49. The van der Waals surface area contributed by atoms with E-state index >= 15 is 0 Å². The van der Waals surface area contributed by atoms with Crippen LogP contribution >= 0.6 is 0 Å². The van der Waals surface area contributed by atoms with Gasteiger partial charge >= 0.3 is 6.18 Å². The van der Waals surface area contributed by atoms with Crippen LogP contribution in [0.4, 0.5) is 13.2 Å². The van der Waals surface area contributed by atoms with Crippen LogP contribution in [0.1, 0.15) is 27.9 Å². The van der Waals surface area contributed by atoms with Gasteiger partial charge in [0.15, 0.2) is 5.78 Å². The van der Waals surface area contributed by atoms with E-state index < -0.39 is 12.8 Å². The lowest BCUT2D eigenvalue weighted by atomic mass is 9.99. The Hall–Kier alpha value is -1.56. The molecule has 0 aliphatic heterocycles. The van der Waals surface area contributed by atoms with Crippen molar-refractivity contribution in [2.45, 2.75) is 26.4 Å². The fourth-order valence-corrected chi connectivity index (χ4v) is 1.92. The largest absolute Gasteiger partial charge is 0.496 e. The second-order valence-electron chi connectivity index (χ2n) is 4.50. The molecule has 0 aliphatic carbocycles. The summed E-state index contributed by atoms with van der Waals surface area (Å²) < 4.78 is 45.3. The molecule has 0 bridgehead atoms. The van der Waals surface area contributed by atoms with E-state index in [2.05, 4.69) is 4.74 Å². The van der Waals surface area contributed by atoms with Crippen molar-refractivity contribution in [2.24, 2.45) is 0 Å². The molecule has 0 unspecified atom stereocenters. The van der Waals surface area contributed by atoms with Crippen LogP contribution in [-0.4, -0.2) is 32.3 Å². The highest BCUT2D eigenvalue weighted by molar-refractivity contribution is 6.00. The number of ether oxygens (including phenoxy) is 2. The van der Waals surface area contributed by atoms with E-state index in [0.717, 1.165) is 11.1 Å². The Kier molecular flexibility index (Phi) is 5.56. The molecule has 0 amide bonds. The van der Waals surface area contributed by atoms with Crippen LogP contribution in [-0.2, 0) is 4.74 Å². The predicted octanol–water partition coefficient (Wildman–Crippen LogP) is 3.46. The minimum absolute atomic E-state index is 0.115. The molecule has 3 nitrogen and oxygen atoms in total. The zero-order valence-electron chi connectivity index (χ0n) is 11.6. The lowest BCUT2D eigenvalue weighted by Crippen LogP contribution is -2.18. The summed E-state index contributed by atoms with van der Waals surface area (Å²) in [6.45, 7) is 2.02. The van der Waals surface area contributed by atoms with Gasteiger partial charge in [-0.25, -0.2) is 0 Å². The quantitative estimate of drug-likeness (QED) is 0.594. The first-order valence-corrected chi connectivity index (χ1v) is 6.07. The van der Waals surface area contributed by atoms with Crippen LogP contribution in [0.15, 0.2) is 12.1 Å². The van der Waals surface area contributed by atoms with E-state index in [0.29, 0.717) is 11.3 Å². The summed E-state index contributed by atoms with van der Waals surface area (Å²) in [4.78, 5) is 12.0. The number of rotatable bonds is 6. The fraction of sp³-hybridized carbons (Fsp3) is 0.500. The standard InChI is InChI=1S/C14H17F3O3/c1-9-6-10(2)13(12(7-9)19-3)11(18)4-5-20-8-14(15,16)17/h6-7H,4-5,8H2,1-3H3. The maximum Gasteiger partial charge on any atom is 0.411 e. The first-order valence-electron chi connectivity index (χ1n) is 6.07. The minimum atomic E-state index is -4.37. The normalized spacial score (nSPS) is 11.5. The number of Topliss-reactive ketones (excluding diaryl/α,β-unsaturated/α-hetero) is 1. The summed E-state index contributed by atoms with van der Waals surface area (Å²) in [5.74, 6) is 0.143. The lowest BCUT2D eigenvalue weighted by molar-refractivity contribution is -0.173. The van der Waals surface area contributed by atoms with Gasteiger partial charge in [0.1, 0.15) is 12.4 Å². The Labute approximate surface area is 115 Å². The van der Waals surface area contributed by atoms with Crippen LogP contribution in [0.3, 0.4) is 0 Å². The molecule has 0 N–H and O–H groups in total. The van der Waals surface area contributed by atoms with E-state index in [1.807, 2.05) is 13.0 Å². The Morgan fingerprint density at radius 1 is 1.25 bits per heavy atom. The molecule has 0 saturated carbocycles. The maximum atomic E-state index is 12.0. The van der Waals surface area contributed by atoms with E-state index in [9.17, 15) is 18.0 Å². The van der Waals surface area contributed by atoms with Crippen molar-refractivity contribution >= 4 is 5.78 Å². The zero-order valence-corrected chi connectivity index (χ0v) is 11.6. The Morgan fingerprint density at radius 2 is 1.90 bits per heavy atom. The van der Waals surface area contributed by atoms with E-state index in [1.165, 1.54) is 7.11 Å². The van der Waals surface area contributed by atoms with Crippen molar-refractivity contribution in [3.8, 4) is 5.75 Å². The van der Waals surface area contributed by atoms with Crippen molar-refractivity contribution < 1.29 is 27.4 Å². The van der Waals surface area contributed by atoms with Gasteiger partial charge in [0.2, 0.25) is 0 Å². The number of hydrogen-bond acceptors (Lipinski definition) is 3. The number of benzene rings is 1. The molecule has 1 aromatic carbocycles. The van der Waals surface area contributed by atoms with Gasteiger partial charge in [0.05, 0.1) is 19.3 Å². The molecule has 0 saturated heterocycles.